The highest BCUT2D eigenvalue weighted by Crippen LogP contribution is 2.44. The molecule has 0 spiro atoms. The minimum atomic E-state index is -0.644. The summed E-state index contributed by atoms with van der Waals surface area (Å²) in [5.74, 6) is -0.549. The first-order valence-electron chi connectivity index (χ1n) is 13.8. The van der Waals surface area contributed by atoms with Crippen LogP contribution in [0.1, 0.15) is 44.3 Å². The van der Waals surface area contributed by atoms with Gasteiger partial charge in [-0.15, -0.1) is 0 Å². The fourth-order valence-electron chi connectivity index (χ4n) is 6.09. The first kappa shape index (κ1) is 26.0. The van der Waals surface area contributed by atoms with Gasteiger partial charge >= 0.3 is 6.03 Å². The molecule has 3 heterocycles. The summed E-state index contributed by atoms with van der Waals surface area (Å²) in [5.41, 5.74) is 6.70. The molecule has 8 heteroatoms. The SMILES string of the molecule is Cc1ccc(C2c3[nH]c4ccccc4c3C[C@H]3C(=O)N(c4ccc(C(=O)NCc5ccccc5Cl)cc4)C(=O)N23)cc1. The quantitative estimate of drug-likeness (QED) is 0.234. The number of amides is 4. The third-order valence-corrected chi connectivity index (χ3v) is 8.60. The van der Waals surface area contributed by atoms with Crippen LogP contribution in [-0.4, -0.2) is 33.8 Å². The van der Waals surface area contributed by atoms with Gasteiger partial charge in [0.15, 0.2) is 0 Å². The third-order valence-electron chi connectivity index (χ3n) is 8.23. The summed E-state index contributed by atoms with van der Waals surface area (Å²) in [7, 11) is 0. The van der Waals surface area contributed by atoms with E-state index in [2.05, 4.69) is 16.4 Å². The van der Waals surface area contributed by atoms with E-state index < -0.39 is 12.1 Å². The first-order valence-corrected chi connectivity index (χ1v) is 14.2. The number of imide groups is 1. The molecule has 2 atom stereocenters. The lowest BCUT2D eigenvalue weighted by Gasteiger charge is -2.36. The van der Waals surface area contributed by atoms with Crippen LogP contribution < -0.4 is 10.2 Å². The molecule has 2 N–H and O–H groups in total. The molecule has 7 rings (SSSR count). The van der Waals surface area contributed by atoms with Crippen LogP contribution in [0.5, 0.6) is 0 Å². The van der Waals surface area contributed by atoms with Crippen LogP contribution in [0.25, 0.3) is 10.9 Å². The van der Waals surface area contributed by atoms with E-state index in [0.717, 1.165) is 38.9 Å². The van der Waals surface area contributed by atoms with Gasteiger partial charge in [0.05, 0.1) is 5.69 Å². The van der Waals surface area contributed by atoms with Crippen molar-refractivity contribution in [3.8, 4) is 0 Å². The predicted octanol–water partition coefficient (Wildman–Crippen LogP) is 6.54. The van der Waals surface area contributed by atoms with Gasteiger partial charge in [0.1, 0.15) is 12.1 Å². The molecular formula is C34H27ClN4O3. The molecule has 1 saturated heterocycles. The lowest BCUT2D eigenvalue weighted by molar-refractivity contribution is -0.120. The summed E-state index contributed by atoms with van der Waals surface area (Å²) in [6, 6.07) is 28.6. The number of rotatable bonds is 5. The van der Waals surface area contributed by atoms with Crippen molar-refractivity contribution in [3.05, 3.63) is 136 Å². The largest absolute Gasteiger partial charge is 0.356 e. The average molecular weight is 575 g/mol. The molecule has 0 aliphatic carbocycles. The molecule has 208 valence electrons. The molecule has 4 amide bonds. The Hall–Kier alpha value is -4.88. The molecule has 42 heavy (non-hydrogen) atoms. The summed E-state index contributed by atoms with van der Waals surface area (Å²) in [6.45, 7) is 2.31. The Balaban J connectivity index is 1.19. The standard InChI is InChI=1S/C34H27ClN4O3/c1-20-10-12-21(13-11-20)31-30-26(25-7-3-5-9-28(25)37-30)18-29-33(41)38(34(42)39(29)31)24-16-14-22(15-17-24)32(40)36-19-23-6-2-4-8-27(23)35/h2-17,29,31,37H,18-19H2,1H3,(H,36,40)/t29-,31?/m0/s1. The Bertz CT molecular complexity index is 1860. The topological polar surface area (TPSA) is 85.5 Å². The fraction of sp³-hybridized carbons (Fsp3) is 0.147. The van der Waals surface area contributed by atoms with Gasteiger partial charge in [-0.2, -0.15) is 0 Å². The molecule has 0 bridgehead atoms. The molecule has 0 saturated carbocycles. The number of carbonyl (C=O) groups is 3. The van der Waals surface area contributed by atoms with Crippen molar-refractivity contribution >= 4 is 46.0 Å². The number of anilines is 1. The number of nitrogens with zero attached hydrogens (tertiary/aromatic N) is 2. The van der Waals surface area contributed by atoms with Crippen LogP contribution in [0.3, 0.4) is 0 Å². The maximum atomic E-state index is 14.1. The smallest absolute Gasteiger partial charge is 0.332 e. The van der Waals surface area contributed by atoms with Gasteiger partial charge in [-0.3, -0.25) is 14.5 Å². The monoisotopic (exact) mass is 574 g/mol. The van der Waals surface area contributed by atoms with Crippen molar-refractivity contribution in [2.75, 3.05) is 4.90 Å². The average Bonchev–Trinajstić information content (AvgIpc) is 3.50. The Morgan fingerprint density at radius 3 is 2.40 bits per heavy atom. The molecule has 2 aliphatic heterocycles. The number of urea groups is 1. The summed E-state index contributed by atoms with van der Waals surface area (Å²) < 4.78 is 0. The number of nitrogens with one attached hydrogen (secondary N) is 2. The van der Waals surface area contributed by atoms with E-state index in [0.29, 0.717) is 22.7 Å². The highest BCUT2D eigenvalue weighted by Gasteiger charge is 2.53. The second-order valence-electron chi connectivity index (χ2n) is 10.8. The van der Waals surface area contributed by atoms with Crippen LogP contribution in [0.15, 0.2) is 97.1 Å². The minimum absolute atomic E-state index is 0.274. The number of halogens is 1. The predicted molar refractivity (Wildman–Crippen MR) is 163 cm³/mol. The van der Waals surface area contributed by atoms with Crippen molar-refractivity contribution in [2.45, 2.75) is 32.0 Å². The highest BCUT2D eigenvalue weighted by molar-refractivity contribution is 6.31. The van der Waals surface area contributed by atoms with Gasteiger partial charge in [-0.05, 0) is 60.0 Å². The van der Waals surface area contributed by atoms with E-state index in [1.165, 1.54) is 4.90 Å². The van der Waals surface area contributed by atoms with Crippen LogP contribution in [0, 0.1) is 6.92 Å². The van der Waals surface area contributed by atoms with Crippen LogP contribution in [-0.2, 0) is 17.8 Å². The molecule has 1 aromatic heterocycles. The second kappa shape index (κ2) is 10.2. The number of fused-ring (bicyclic) bond motifs is 4. The molecular weight excluding hydrogens is 548 g/mol. The zero-order valence-electron chi connectivity index (χ0n) is 22.8. The zero-order valence-corrected chi connectivity index (χ0v) is 23.6. The molecule has 2 aliphatic rings. The number of aromatic nitrogens is 1. The van der Waals surface area contributed by atoms with E-state index in [4.69, 9.17) is 11.6 Å². The number of aryl methyl sites for hydroxylation is 1. The van der Waals surface area contributed by atoms with E-state index in [-0.39, 0.29) is 24.4 Å². The summed E-state index contributed by atoms with van der Waals surface area (Å²) in [4.78, 5) is 47.3. The van der Waals surface area contributed by atoms with Crippen molar-refractivity contribution in [1.29, 1.82) is 0 Å². The number of hydrogen-bond donors (Lipinski definition) is 2. The Labute approximate surface area is 247 Å². The number of benzene rings is 4. The number of para-hydroxylation sites is 1. The van der Waals surface area contributed by atoms with Gasteiger partial charge < -0.3 is 10.3 Å². The second-order valence-corrected chi connectivity index (χ2v) is 11.2. The maximum Gasteiger partial charge on any atom is 0.332 e. The van der Waals surface area contributed by atoms with Gasteiger partial charge in [0.2, 0.25) is 0 Å². The lowest BCUT2D eigenvalue weighted by Crippen LogP contribution is -2.44. The number of H-pyrrole nitrogens is 1. The molecule has 0 radical (unpaired) electrons. The maximum absolute atomic E-state index is 14.1. The van der Waals surface area contributed by atoms with E-state index in [1.54, 1.807) is 35.2 Å². The number of carbonyl (C=O) groups excluding carboxylic acids is 3. The van der Waals surface area contributed by atoms with Gasteiger partial charge in [0.25, 0.3) is 11.8 Å². The molecule has 1 fully saturated rings. The van der Waals surface area contributed by atoms with Crippen molar-refractivity contribution in [3.63, 3.8) is 0 Å². The Morgan fingerprint density at radius 1 is 0.929 bits per heavy atom. The van der Waals surface area contributed by atoms with E-state index >= 15 is 0 Å². The summed E-state index contributed by atoms with van der Waals surface area (Å²) in [5, 5.41) is 4.52. The van der Waals surface area contributed by atoms with E-state index in [9.17, 15) is 14.4 Å². The first-order chi connectivity index (χ1) is 20.4. The third kappa shape index (κ3) is 4.25. The zero-order chi connectivity index (χ0) is 29.0. The molecule has 4 aromatic carbocycles. The lowest BCUT2D eigenvalue weighted by atomic mass is 9.88. The van der Waals surface area contributed by atoms with Crippen LogP contribution in [0.2, 0.25) is 5.02 Å². The summed E-state index contributed by atoms with van der Waals surface area (Å²) >= 11 is 6.21. The Morgan fingerprint density at radius 2 is 1.64 bits per heavy atom. The van der Waals surface area contributed by atoms with Crippen molar-refractivity contribution in [1.82, 2.24) is 15.2 Å². The minimum Gasteiger partial charge on any atom is -0.356 e. The van der Waals surface area contributed by atoms with E-state index in [1.807, 2.05) is 67.6 Å². The molecule has 1 unspecified atom stereocenters. The van der Waals surface area contributed by atoms with Crippen LogP contribution >= 0.6 is 11.6 Å². The Kier molecular flexibility index (Phi) is 6.32. The highest BCUT2D eigenvalue weighted by atomic mass is 35.5. The molecule has 5 aromatic rings. The van der Waals surface area contributed by atoms with Crippen LogP contribution in [0.4, 0.5) is 10.5 Å². The summed E-state index contributed by atoms with van der Waals surface area (Å²) in [6.07, 6.45) is 0.422. The number of hydrogen-bond acceptors (Lipinski definition) is 3. The van der Waals surface area contributed by atoms with Crippen molar-refractivity contribution in [2.24, 2.45) is 0 Å². The molecule has 7 nitrogen and oxygen atoms in total. The fourth-order valence-corrected chi connectivity index (χ4v) is 6.29. The van der Waals surface area contributed by atoms with Crippen molar-refractivity contribution < 1.29 is 14.4 Å². The van der Waals surface area contributed by atoms with Gasteiger partial charge in [-0.25, -0.2) is 9.69 Å². The van der Waals surface area contributed by atoms with Gasteiger partial charge in [-0.1, -0.05) is 77.8 Å². The normalized spacial score (nSPS) is 17.9. The number of aromatic amines is 1. The van der Waals surface area contributed by atoms with Gasteiger partial charge in [0, 0.05) is 40.1 Å².